The first kappa shape index (κ1) is 12.2. The molecule has 0 atom stereocenters. The van der Waals surface area contributed by atoms with E-state index in [-0.39, 0.29) is 6.61 Å². The van der Waals surface area contributed by atoms with E-state index >= 15 is 0 Å². The average Bonchev–Trinajstić information content (AvgIpc) is 2.70. The number of rotatable bonds is 5. The van der Waals surface area contributed by atoms with Gasteiger partial charge in [-0.3, -0.25) is 4.79 Å². The van der Waals surface area contributed by atoms with Crippen LogP contribution in [0.2, 0.25) is 0 Å². The summed E-state index contributed by atoms with van der Waals surface area (Å²) < 4.78 is 6.08. The van der Waals surface area contributed by atoms with Gasteiger partial charge in [0.25, 0.3) is 0 Å². The molecule has 16 heavy (non-hydrogen) atoms. The molecule has 1 heterocycles. The number of ether oxygens (including phenoxy) is 1. The van der Waals surface area contributed by atoms with Crippen molar-refractivity contribution >= 4 is 12.3 Å². The van der Waals surface area contributed by atoms with Crippen molar-refractivity contribution in [3.63, 3.8) is 0 Å². The highest BCUT2D eigenvalue weighted by atomic mass is 16.5. The molecule has 0 aliphatic carbocycles. The van der Waals surface area contributed by atoms with Crippen molar-refractivity contribution in [3.05, 3.63) is 35.7 Å². The predicted molar refractivity (Wildman–Crippen MR) is 57.4 cm³/mol. The quantitative estimate of drug-likeness (QED) is 0.451. The first-order valence-electron chi connectivity index (χ1n) is 4.63. The Morgan fingerprint density at radius 1 is 1.69 bits per heavy atom. The van der Waals surface area contributed by atoms with Crippen LogP contribution in [0, 0.1) is 0 Å². The summed E-state index contributed by atoms with van der Waals surface area (Å²) >= 11 is 0. The first-order valence-corrected chi connectivity index (χ1v) is 4.63. The van der Waals surface area contributed by atoms with Gasteiger partial charge >= 0.3 is 5.97 Å². The van der Waals surface area contributed by atoms with Crippen LogP contribution in [0.3, 0.4) is 0 Å². The zero-order chi connectivity index (χ0) is 12.1. The van der Waals surface area contributed by atoms with Gasteiger partial charge < -0.3 is 14.4 Å². The molecule has 1 aromatic rings. The summed E-state index contributed by atoms with van der Waals surface area (Å²) in [5, 5.41) is 8.83. The standard InChI is InChI=1S/C11H13NO4/c1-8(6-13)4-12-5-9(11(15)16-2)3-10(12)7-14/h3,5,7,13H,1,4,6H2,2H3. The third-order valence-corrected chi connectivity index (χ3v) is 2.09. The van der Waals surface area contributed by atoms with Gasteiger partial charge in [-0.05, 0) is 11.6 Å². The number of methoxy groups -OCH3 is 1. The third kappa shape index (κ3) is 2.58. The Morgan fingerprint density at radius 3 is 2.88 bits per heavy atom. The van der Waals surface area contributed by atoms with E-state index in [9.17, 15) is 9.59 Å². The van der Waals surface area contributed by atoms with Crippen molar-refractivity contribution in [1.29, 1.82) is 0 Å². The maximum absolute atomic E-state index is 11.2. The summed E-state index contributed by atoms with van der Waals surface area (Å²) in [5.74, 6) is -0.503. The predicted octanol–water partition coefficient (Wildman–Crippen LogP) is 0.636. The molecule has 1 aromatic heterocycles. The lowest BCUT2D eigenvalue weighted by Crippen LogP contribution is -2.05. The SMILES string of the molecule is C=C(CO)Cn1cc(C(=O)OC)cc1C=O. The molecule has 0 aromatic carbocycles. The molecule has 0 amide bonds. The van der Waals surface area contributed by atoms with Crippen molar-refractivity contribution < 1.29 is 19.4 Å². The van der Waals surface area contributed by atoms with Crippen LogP contribution < -0.4 is 0 Å². The van der Waals surface area contributed by atoms with E-state index in [4.69, 9.17) is 5.11 Å². The number of aliphatic hydroxyl groups excluding tert-OH is 1. The number of nitrogens with zero attached hydrogens (tertiary/aromatic N) is 1. The van der Waals surface area contributed by atoms with Crippen LogP contribution in [0.25, 0.3) is 0 Å². The highest BCUT2D eigenvalue weighted by Gasteiger charge is 2.12. The topological polar surface area (TPSA) is 68.5 Å². The number of aliphatic hydroxyl groups is 1. The fraction of sp³-hybridized carbons (Fsp3) is 0.273. The van der Waals surface area contributed by atoms with Gasteiger partial charge in [-0.15, -0.1) is 0 Å². The average molecular weight is 223 g/mol. The van der Waals surface area contributed by atoms with E-state index < -0.39 is 5.97 Å². The molecule has 86 valence electrons. The van der Waals surface area contributed by atoms with Gasteiger partial charge in [-0.2, -0.15) is 0 Å². The molecule has 5 nitrogen and oxygen atoms in total. The van der Waals surface area contributed by atoms with Crippen LogP contribution in [0.1, 0.15) is 20.8 Å². The van der Waals surface area contributed by atoms with Crippen LogP contribution in [-0.2, 0) is 11.3 Å². The minimum Gasteiger partial charge on any atom is -0.465 e. The Bertz CT molecular complexity index is 420. The van der Waals surface area contributed by atoms with Crippen LogP contribution in [-0.4, -0.2) is 35.6 Å². The van der Waals surface area contributed by atoms with Crippen molar-refractivity contribution in [2.75, 3.05) is 13.7 Å². The number of hydrogen-bond donors (Lipinski definition) is 1. The Balaban J connectivity index is 2.99. The summed E-state index contributed by atoms with van der Waals surface area (Å²) in [6.07, 6.45) is 2.13. The molecule has 0 bridgehead atoms. The van der Waals surface area contributed by atoms with E-state index in [1.807, 2.05) is 0 Å². The molecule has 1 N–H and O–H groups in total. The Kier molecular flexibility index (Phi) is 4.02. The summed E-state index contributed by atoms with van der Waals surface area (Å²) in [4.78, 5) is 22.0. The molecule has 0 aliphatic heterocycles. The lowest BCUT2D eigenvalue weighted by Gasteiger charge is -2.05. The zero-order valence-electron chi connectivity index (χ0n) is 8.97. The highest BCUT2D eigenvalue weighted by Crippen LogP contribution is 2.10. The molecule has 1 rings (SSSR count). The maximum Gasteiger partial charge on any atom is 0.339 e. The molecule has 0 radical (unpaired) electrons. The second kappa shape index (κ2) is 5.27. The van der Waals surface area contributed by atoms with Gasteiger partial charge in [-0.1, -0.05) is 6.58 Å². The summed E-state index contributed by atoms with van der Waals surface area (Å²) in [5.41, 5.74) is 1.19. The van der Waals surface area contributed by atoms with Gasteiger partial charge in [0.2, 0.25) is 0 Å². The Labute approximate surface area is 92.9 Å². The van der Waals surface area contributed by atoms with Crippen LogP contribution >= 0.6 is 0 Å². The Hall–Kier alpha value is -1.88. The van der Waals surface area contributed by atoms with Crippen molar-refractivity contribution in [2.45, 2.75) is 6.54 Å². The van der Waals surface area contributed by atoms with Gasteiger partial charge in [-0.25, -0.2) is 4.79 Å². The lowest BCUT2D eigenvalue weighted by molar-refractivity contribution is 0.0600. The summed E-state index contributed by atoms with van der Waals surface area (Å²) in [7, 11) is 1.27. The number of carbonyl (C=O) groups excluding carboxylic acids is 2. The summed E-state index contributed by atoms with van der Waals surface area (Å²) in [6, 6.07) is 1.43. The van der Waals surface area contributed by atoms with Crippen LogP contribution in [0.5, 0.6) is 0 Å². The molecular formula is C11H13NO4. The largest absolute Gasteiger partial charge is 0.465 e. The van der Waals surface area contributed by atoms with E-state index in [2.05, 4.69) is 11.3 Å². The number of aldehydes is 1. The van der Waals surface area contributed by atoms with Crippen molar-refractivity contribution in [1.82, 2.24) is 4.57 Å². The van der Waals surface area contributed by atoms with Crippen molar-refractivity contribution in [2.24, 2.45) is 0 Å². The zero-order valence-corrected chi connectivity index (χ0v) is 8.97. The van der Waals surface area contributed by atoms with Gasteiger partial charge in [0.05, 0.1) is 25.0 Å². The highest BCUT2D eigenvalue weighted by molar-refractivity contribution is 5.91. The Morgan fingerprint density at radius 2 is 2.38 bits per heavy atom. The van der Waals surface area contributed by atoms with Gasteiger partial charge in [0, 0.05) is 12.7 Å². The third-order valence-electron chi connectivity index (χ3n) is 2.09. The molecule has 0 unspecified atom stereocenters. The molecule has 5 heteroatoms. The molecule has 0 saturated carbocycles. The maximum atomic E-state index is 11.2. The summed E-state index contributed by atoms with van der Waals surface area (Å²) in [6.45, 7) is 3.75. The minimum absolute atomic E-state index is 0.163. The fourth-order valence-electron chi connectivity index (χ4n) is 1.28. The lowest BCUT2D eigenvalue weighted by atomic mass is 10.3. The smallest absolute Gasteiger partial charge is 0.339 e. The van der Waals surface area contributed by atoms with E-state index in [1.54, 1.807) is 0 Å². The minimum atomic E-state index is -0.503. The van der Waals surface area contributed by atoms with Crippen molar-refractivity contribution in [3.8, 4) is 0 Å². The normalized spacial score (nSPS) is 9.88. The fourth-order valence-corrected chi connectivity index (χ4v) is 1.28. The number of carbonyl (C=O) groups is 2. The second-order valence-corrected chi connectivity index (χ2v) is 3.30. The number of aromatic nitrogens is 1. The molecule has 0 saturated heterocycles. The molecule has 0 fully saturated rings. The van der Waals surface area contributed by atoms with E-state index in [0.29, 0.717) is 29.7 Å². The molecule has 0 spiro atoms. The monoisotopic (exact) mass is 223 g/mol. The second-order valence-electron chi connectivity index (χ2n) is 3.30. The van der Waals surface area contributed by atoms with E-state index in [0.717, 1.165) is 0 Å². The molecular weight excluding hydrogens is 210 g/mol. The molecule has 0 aliphatic rings. The van der Waals surface area contributed by atoms with Crippen LogP contribution in [0.4, 0.5) is 0 Å². The van der Waals surface area contributed by atoms with Gasteiger partial charge in [0.1, 0.15) is 0 Å². The van der Waals surface area contributed by atoms with Gasteiger partial charge in [0.15, 0.2) is 6.29 Å². The van der Waals surface area contributed by atoms with E-state index in [1.165, 1.54) is 23.9 Å². The number of esters is 1. The number of hydrogen-bond acceptors (Lipinski definition) is 4. The van der Waals surface area contributed by atoms with Crippen LogP contribution in [0.15, 0.2) is 24.4 Å². The first-order chi connectivity index (χ1) is 7.62.